The normalized spacial score (nSPS) is 9.42. The molecule has 0 aromatic heterocycles. The second kappa shape index (κ2) is 7.03. The third kappa shape index (κ3) is 7.47. The molecule has 0 spiro atoms. The van der Waals surface area contributed by atoms with Gasteiger partial charge in [0.15, 0.2) is 0 Å². The van der Waals surface area contributed by atoms with Crippen molar-refractivity contribution in [3.8, 4) is 0 Å². The number of hydrogen-bond acceptors (Lipinski definition) is 2. The van der Waals surface area contributed by atoms with Crippen LogP contribution >= 0.6 is 12.2 Å². The van der Waals surface area contributed by atoms with Crippen LogP contribution in [-0.4, -0.2) is 17.4 Å². The number of nitrogens with one attached hydrogen (secondary N) is 1. The zero-order valence-electron chi connectivity index (χ0n) is 7.43. The predicted octanol–water partition coefficient (Wildman–Crippen LogP) is 0.969. The molecule has 0 saturated heterocycles. The Morgan fingerprint density at radius 1 is 1.50 bits per heavy atom. The van der Waals surface area contributed by atoms with Gasteiger partial charge in [-0.1, -0.05) is 19.1 Å². The maximum absolute atomic E-state index is 10.7. The number of carbonyl (C=O) groups excluding carboxylic acids is 1. The molecule has 3 nitrogen and oxygen atoms in total. The van der Waals surface area contributed by atoms with E-state index in [1.807, 2.05) is 6.92 Å². The molecule has 70 valence electrons. The minimum absolute atomic E-state index is 0.102. The third-order valence-corrected chi connectivity index (χ3v) is 1.70. The first-order valence-corrected chi connectivity index (χ1v) is 4.62. The molecule has 0 aliphatic rings. The summed E-state index contributed by atoms with van der Waals surface area (Å²) in [6.45, 7) is 2.57. The maximum Gasteiger partial charge on any atom is 0.219 e. The second-order valence-electron chi connectivity index (χ2n) is 2.63. The van der Waals surface area contributed by atoms with Gasteiger partial charge in [-0.3, -0.25) is 4.79 Å². The summed E-state index contributed by atoms with van der Waals surface area (Å²) in [7, 11) is 0. The zero-order chi connectivity index (χ0) is 9.40. The number of amides is 1. The Morgan fingerprint density at radius 2 is 2.17 bits per heavy atom. The molecule has 0 aliphatic heterocycles. The van der Waals surface area contributed by atoms with Gasteiger partial charge in [-0.15, -0.1) is 0 Å². The van der Waals surface area contributed by atoms with Crippen LogP contribution in [0, 0.1) is 0 Å². The van der Waals surface area contributed by atoms with E-state index in [1.54, 1.807) is 0 Å². The summed E-state index contributed by atoms with van der Waals surface area (Å²) in [5.74, 6) is 0.102. The maximum atomic E-state index is 10.7. The van der Waals surface area contributed by atoms with Gasteiger partial charge in [0.05, 0.1) is 4.99 Å². The van der Waals surface area contributed by atoms with Crippen LogP contribution < -0.4 is 11.1 Å². The average molecular weight is 188 g/mol. The highest BCUT2D eigenvalue weighted by Crippen LogP contribution is 1.93. The molecule has 0 aromatic rings. The van der Waals surface area contributed by atoms with E-state index in [0.29, 0.717) is 11.4 Å². The fourth-order valence-electron chi connectivity index (χ4n) is 0.777. The highest BCUT2D eigenvalue weighted by atomic mass is 32.1. The van der Waals surface area contributed by atoms with E-state index in [0.717, 1.165) is 25.8 Å². The zero-order valence-corrected chi connectivity index (χ0v) is 8.25. The van der Waals surface area contributed by atoms with Gasteiger partial charge in [0.25, 0.3) is 0 Å². The summed E-state index contributed by atoms with van der Waals surface area (Å²) in [5, 5.41) is 2.78. The quantitative estimate of drug-likeness (QED) is 0.482. The largest absolute Gasteiger partial charge is 0.393 e. The minimum Gasteiger partial charge on any atom is -0.393 e. The molecule has 0 aliphatic carbocycles. The van der Waals surface area contributed by atoms with Crippen LogP contribution in [-0.2, 0) is 4.79 Å². The average Bonchev–Trinajstić information content (AvgIpc) is 2.03. The van der Waals surface area contributed by atoms with Crippen LogP contribution in [0.3, 0.4) is 0 Å². The molecule has 0 heterocycles. The van der Waals surface area contributed by atoms with Gasteiger partial charge in [0.1, 0.15) is 0 Å². The Bertz CT molecular complexity index is 159. The van der Waals surface area contributed by atoms with Gasteiger partial charge >= 0.3 is 0 Å². The molecule has 0 bridgehead atoms. The third-order valence-electron chi connectivity index (χ3n) is 1.49. The van der Waals surface area contributed by atoms with Crippen molar-refractivity contribution in [2.75, 3.05) is 6.54 Å². The van der Waals surface area contributed by atoms with Crippen molar-refractivity contribution in [2.45, 2.75) is 32.6 Å². The summed E-state index contributed by atoms with van der Waals surface area (Å²) in [5.41, 5.74) is 5.30. The van der Waals surface area contributed by atoms with Crippen LogP contribution in [0.25, 0.3) is 0 Å². The van der Waals surface area contributed by atoms with Crippen LogP contribution in [0.15, 0.2) is 0 Å². The number of unbranched alkanes of at least 4 members (excludes halogenated alkanes) is 1. The first kappa shape index (κ1) is 11.4. The monoisotopic (exact) mass is 188 g/mol. The van der Waals surface area contributed by atoms with E-state index in [9.17, 15) is 4.79 Å². The van der Waals surface area contributed by atoms with E-state index in [4.69, 9.17) is 18.0 Å². The van der Waals surface area contributed by atoms with E-state index in [1.165, 1.54) is 0 Å². The molecular formula is C8H16N2OS. The van der Waals surface area contributed by atoms with Gasteiger partial charge in [-0.05, 0) is 19.3 Å². The lowest BCUT2D eigenvalue weighted by Crippen LogP contribution is -2.23. The molecule has 1 amide bonds. The van der Waals surface area contributed by atoms with Gasteiger partial charge in [-0.2, -0.15) is 0 Å². The topological polar surface area (TPSA) is 55.1 Å². The molecular weight excluding hydrogens is 172 g/mol. The molecule has 0 saturated carbocycles. The van der Waals surface area contributed by atoms with Crippen molar-refractivity contribution in [1.29, 1.82) is 0 Å². The van der Waals surface area contributed by atoms with Crippen molar-refractivity contribution in [1.82, 2.24) is 5.32 Å². The highest BCUT2D eigenvalue weighted by molar-refractivity contribution is 7.80. The predicted molar refractivity (Wildman–Crippen MR) is 53.9 cm³/mol. The molecule has 0 atom stereocenters. The van der Waals surface area contributed by atoms with Gasteiger partial charge in [0.2, 0.25) is 5.91 Å². The SMILES string of the molecule is CCC(=O)NCCCCC(N)=S. The van der Waals surface area contributed by atoms with Crippen molar-refractivity contribution in [3.05, 3.63) is 0 Å². The van der Waals surface area contributed by atoms with Crippen LogP contribution in [0.1, 0.15) is 32.6 Å². The fourth-order valence-corrected chi connectivity index (χ4v) is 0.921. The Kier molecular flexibility index (Phi) is 6.66. The first-order chi connectivity index (χ1) is 5.66. The smallest absolute Gasteiger partial charge is 0.219 e. The van der Waals surface area contributed by atoms with E-state index < -0.39 is 0 Å². The number of rotatable bonds is 6. The van der Waals surface area contributed by atoms with Gasteiger partial charge in [0, 0.05) is 13.0 Å². The first-order valence-electron chi connectivity index (χ1n) is 4.21. The van der Waals surface area contributed by atoms with E-state index in [-0.39, 0.29) is 5.91 Å². The van der Waals surface area contributed by atoms with Crippen LogP contribution in [0.5, 0.6) is 0 Å². The Hall–Kier alpha value is -0.640. The van der Waals surface area contributed by atoms with Crippen molar-refractivity contribution < 1.29 is 4.79 Å². The van der Waals surface area contributed by atoms with Crippen molar-refractivity contribution in [3.63, 3.8) is 0 Å². The lowest BCUT2D eigenvalue weighted by molar-refractivity contribution is -0.120. The molecule has 4 heteroatoms. The lowest BCUT2D eigenvalue weighted by atomic mass is 10.2. The van der Waals surface area contributed by atoms with Crippen LogP contribution in [0.4, 0.5) is 0 Å². The number of thiocarbonyl (C=S) groups is 1. The Labute approximate surface area is 78.7 Å². The van der Waals surface area contributed by atoms with E-state index in [2.05, 4.69) is 5.32 Å². The fraction of sp³-hybridized carbons (Fsp3) is 0.750. The Balaban J connectivity index is 3.11. The van der Waals surface area contributed by atoms with Gasteiger partial charge in [-0.25, -0.2) is 0 Å². The summed E-state index contributed by atoms with van der Waals surface area (Å²) < 4.78 is 0. The summed E-state index contributed by atoms with van der Waals surface area (Å²) in [6, 6.07) is 0. The standard InChI is InChI=1S/C8H16N2OS/c1-2-8(11)10-6-4-3-5-7(9)12/h2-6H2,1H3,(H2,9,12)(H,10,11). The van der Waals surface area contributed by atoms with Gasteiger partial charge < -0.3 is 11.1 Å². The summed E-state index contributed by atoms with van der Waals surface area (Å²) >= 11 is 4.71. The summed E-state index contributed by atoms with van der Waals surface area (Å²) in [6.07, 6.45) is 3.23. The van der Waals surface area contributed by atoms with Crippen LogP contribution in [0.2, 0.25) is 0 Å². The summed E-state index contributed by atoms with van der Waals surface area (Å²) in [4.78, 5) is 11.3. The highest BCUT2D eigenvalue weighted by Gasteiger charge is 1.95. The number of hydrogen-bond donors (Lipinski definition) is 2. The molecule has 0 radical (unpaired) electrons. The molecule has 0 rings (SSSR count). The number of nitrogens with two attached hydrogens (primary N) is 1. The molecule has 0 aromatic carbocycles. The molecule has 3 N–H and O–H groups in total. The second-order valence-corrected chi connectivity index (χ2v) is 3.15. The number of carbonyl (C=O) groups is 1. The lowest BCUT2D eigenvalue weighted by Gasteiger charge is -2.02. The van der Waals surface area contributed by atoms with Crippen molar-refractivity contribution >= 4 is 23.1 Å². The molecule has 12 heavy (non-hydrogen) atoms. The van der Waals surface area contributed by atoms with E-state index >= 15 is 0 Å². The molecule has 0 unspecified atom stereocenters. The molecule has 0 fully saturated rings. The minimum atomic E-state index is 0.102. The van der Waals surface area contributed by atoms with Crippen molar-refractivity contribution in [2.24, 2.45) is 5.73 Å². The Morgan fingerprint density at radius 3 is 2.67 bits per heavy atom.